The van der Waals surface area contributed by atoms with Crippen LogP contribution in [0.25, 0.3) is 0 Å². The number of halogens is 2. The lowest BCUT2D eigenvalue weighted by atomic mass is 9.97. The zero-order valence-corrected chi connectivity index (χ0v) is 16.1. The van der Waals surface area contributed by atoms with Crippen LogP contribution in [-0.2, 0) is 0 Å². The molecule has 1 atom stereocenters. The van der Waals surface area contributed by atoms with Gasteiger partial charge in [0.25, 0.3) is 0 Å². The Balaban J connectivity index is 0.00000264. The monoisotopic (exact) mass is 378 g/mol. The maximum Gasteiger partial charge on any atom is 0.200 e. The molecule has 2 N–H and O–H groups in total. The Morgan fingerprint density at radius 2 is 1.71 bits per heavy atom. The van der Waals surface area contributed by atoms with Crippen LogP contribution in [0.1, 0.15) is 24.9 Å². The lowest BCUT2D eigenvalue weighted by molar-refractivity contribution is 0.171. The summed E-state index contributed by atoms with van der Waals surface area (Å²) in [7, 11) is 3.10. The van der Waals surface area contributed by atoms with Crippen molar-refractivity contribution >= 4 is 24.8 Å². The highest BCUT2D eigenvalue weighted by Crippen LogP contribution is 2.41. The summed E-state index contributed by atoms with van der Waals surface area (Å²) in [5.74, 6) is 0.926. The van der Waals surface area contributed by atoms with Gasteiger partial charge in [0.1, 0.15) is 0 Å². The number of rotatable bonds is 6. The molecule has 0 radical (unpaired) electrons. The molecular weight excluding hydrogens is 351 g/mol. The first-order chi connectivity index (χ1) is 10.6. The first-order valence-electron chi connectivity index (χ1n) is 7.60. The Morgan fingerprint density at radius 1 is 1.21 bits per heavy atom. The van der Waals surface area contributed by atoms with E-state index in [2.05, 4.69) is 16.8 Å². The van der Waals surface area contributed by atoms with Crippen molar-refractivity contribution in [2.45, 2.75) is 19.4 Å². The molecule has 0 spiro atoms. The summed E-state index contributed by atoms with van der Waals surface area (Å²) in [6, 6.07) is 4.00. The number of piperazine rings is 1. The van der Waals surface area contributed by atoms with E-state index in [1.165, 1.54) is 0 Å². The third-order valence-corrected chi connectivity index (χ3v) is 4.02. The number of nitrogens with one attached hydrogen (secondary N) is 1. The Hall–Kier alpha value is -1.14. The molecule has 1 fully saturated rings. The standard InChI is InChI=1S/C17H26N2O3.2ClH/c1-12(2)9-14(19-7-5-18-6-8-19)13-10-15(21-3)17(20)16(11-13)22-4;;/h10-11,14,18,20H,1,5-9H2,2-4H3;2*1H/t14-;;/m1../s1. The highest BCUT2D eigenvalue weighted by molar-refractivity contribution is 5.85. The van der Waals surface area contributed by atoms with Gasteiger partial charge in [0.2, 0.25) is 5.75 Å². The molecule has 0 saturated carbocycles. The predicted molar refractivity (Wildman–Crippen MR) is 102 cm³/mol. The van der Waals surface area contributed by atoms with Gasteiger partial charge in [0.15, 0.2) is 11.5 Å². The average molecular weight is 379 g/mol. The number of benzene rings is 1. The van der Waals surface area contributed by atoms with Crippen LogP contribution in [0.5, 0.6) is 17.2 Å². The average Bonchev–Trinajstić information content (AvgIpc) is 2.53. The summed E-state index contributed by atoms with van der Waals surface area (Å²) < 4.78 is 10.6. The summed E-state index contributed by atoms with van der Waals surface area (Å²) in [6.07, 6.45) is 0.872. The lowest BCUT2D eigenvalue weighted by Crippen LogP contribution is -2.45. The molecule has 7 heteroatoms. The molecule has 1 aromatic rings. The molecule has 0 unspecified atom stereocenters. The van der Waals surface area contributed by atoms with E-state index >= 15 is 0 Å². The van der Waals surface area contributed by atoms with E-state index in [0.717, 1.165) is 43.7 Å². The molecule has 138 valence electrons. The molecule has 0 amide bonds. The minimum Gasteiger partial charge on any atom is -0.502 e. The number of ether oxygens (including phenoxy) is 2. The molecule has 2 rings (SSSR count). The van der Waals surface area contributed by atoms with E-state index in [1.54, 1.807) is 14.2 Å². The molecule has 1 aromatic carbocycles. The zero-order valence-electron chi connectivity index (χ0n) is 14.5. The van der Waals surface area contributed by atoms with Crippen LogP contribution in [-0.4, -0.2) is 50.4 Å². The molecule has 0 aliphatic carbocycles. The maximum absolute atomic E-state index is 10.1. The first-order valence-corrected chi connectivity index (χ1v) is 7.60. The van der Waals surface area contributed by atoms with Gasteiger partial charge in [0, 0.05) is 32.2 Å². The molecule has 1 saturated heterocycles. The number of methoxy groups -OCH3 is 2. The summed E-state index contributed by atoms with van der Waals surface area (Å²) in [5, 5.41) is 13.5. The van der Waals surface area contributed by atoms with Crippen molar-refractivity contribution in [3.05, 3.63) is 29.8 Å². The molecular formula is C17H28Cl2N2O3. The van der Waals surface area contributed by atoms with Gasteiger partial charge in [-0.15, -0.1) is 31.4 Å². The number of nitrogens with zero attached hydrogens (tertiary/aromatic N) is 1. The Labute approximate surface area is 156 Å². The van der Waals surface area contributed by atoms with E-state index in [0.29, 0.717) is 11.5 Å². The Bertz CT molecular complexity index is 510. The molecule has 5 nitrogen and oxygen atoms in total. The second-order valence-electron chi connectivity index (χ2n) is 5.74. The number of phenolic OH excluding ortho intramolecular Hbond substituents is 1. The summed E-state index contributed by atoms with van der Waals surface area (Å²) in [6.45, 7) is 10.1. The van der Waals surface area contributed by atoms with Crippen molar-refractivity contribution in [2.75, 3.05) is 40.4 Å². The van der Waals surface area contributed by atoms with Crippen LogP contribution in [0.3, 0.4) is 0 Å². The second-order valence-corrected chi connectivity index (χ2v) is 5.74. The smallest absolute Gasteiger partial charge is 0.200 e. The van der Waals surface area contributed by atoms with Crippen molar-refractivity contribution in [3.8, 4) is 17.2 Å². The highest BCUT2D eigenvalue weighted by Gasteiger charge is 2.24. The summed E-state index contributed by atoms with van der Waals surface area (Å²) >= 11 is 0. The van der Waals surface area contributed by atoms with E-state index in [4.69, 9.17) is 9.47 Å². The maximum atomic E-state index is 10.1. The first kappa shape index (κ1) is 22.9. The minimum absolute atomic E-state index is 0. The van der Waals surface area contributed by atoms with Gasteiger partial charge in [-0.3, -0.25) is 4.90 Å². The zero-order chi connectivity index (χ0) is 16.1. The molecule has 24 heavy (non-hydrogen) atoms. The van der Waals surface area contributed by atoms with Crippen molar-refractivity contribution in [3.63, 3.8) is 0 Å². The fourth-order valence-electron chi connectivity index (χ4n) is 2.89. The van der Waals surface area contributed by atoms with Crippen molar-refractivity contribution in [1.29, 1.82) is 0 Å². The van der Waals surface area contributed by atoms with Crippen molar-refractivity contribution < 1.29 is 14.6 Å². The van der Waals surface area contributed by atoms with Crippen LogP contribution < -0.4 is 14.8 Å². The third kappa shape index (κ3) is 5.45. The fraction of sp³-hybridized carbons (Fsp3) is 0.529. The Morgan fingerprint density at radius 3 is 2.12 bits per heavy atom. The normalized spacial score (nSPS) is 15.6. The van der Waals surface area contributed by atoms with Gasteiger partial charge >= 0.3 is 0 Å². The van der Waals surface area contributed by atoms with Crippen LogP contribution in [0.2, 0.25) is 0 Å². The van der Waals surface area contributed by atoms with E-state index < -0.39 is 0 Å². The van der Waals surface area contributed by atoms with Gasteiger partial charge in [-0.05, 0) is 31.0 Å². The van der Waals surface area contributed by atoms with Gasteiger partial charge in [0.05, 0.1) is 14.2 Å². The lowest BCUT2D eigenvalue weighted by Gasteiger charge is -2.35. The SMILES string of the molecule is C=C(C)C[C@H](c1cc(OC)c(O)c(OC)c1)N1CCNCC1.Cl.Cl. The third-order valence-electron chi connectivity index (χ3n) is 4.02. The predicted octanol–water partition coefficient (Wildman–Crippen LogP) is 3.17. The number of phenols is 1. The van der Waals surface area contributed by atoms with Crippen LogP contribution >= 0.6 is 24.8 Å². The number of aromatic hydroxyl groups is 1. The van der Waals surface area contributed by atoms with Crippen LogP contribution in [0, 0.1) is 0 Å². The van der Waals surface area contributed by atoms with Crippen molar-refractivity contribution in [2.24, 2.45) is 0 Å². The number of hydrogen-bond donors (Lipinski definition) is 2. The topological polar surface area (TPSA) is 54.0 Å². The quantitative estimate of drug-likeness (QED) is 0.744. The van der Waals surface area contributed by atoms with Crippen molar-refractivity contribution in [1.82, 2.24) is 10.2 Å². The summed E-state index contributed by atoms with van der Waals surface area (Å²) in [5.41, 5.74) is 2.21. The highest BCUT2D eigenvalue weighted by atomic mass is 35.5. The second kappa shape index (κ2) is 10.7. The van der Waals surface area contributed by atoms with E-state index in [1.807, 2.05) is 19.1 Å². The van der Waals surface area contributed by atoms with Crippen LogP contribution in [0.15, 0.2) is 24.3 Å². The Kier molecular flexibility index (Phi) is 10.2. The van der Waals surface area contributed by atoms with E-state index in [-0.39, 0.29) is 36.6 Å². The van der Waals surface area contributed by atoms with Gasteiger partial charge in [-0.1, -0.05) is 5.57 Å². The largest absolute Gasteiger partial charge is 0.502 e. The van der Waals surface area contributed by atoms with Gasteiger partial charge < -0.3 is 19.9 Å². The van der Waals surface area contributed by atoms with E-state index in [9.17, 15) is 5.11 Å². The molecule has 1 aliphatic rings. The molecule has 1 aliphatic heterocycles. The molecule has 1 heterocycles. The minimum atomic E-state index is 0. The number of hydrogen-bond acceptors (Lipinski definition) is 5. The van der Waals surface area contributed by atoms with Crippen LogP contribution in [0.4, 0.5) is 0 Å². The summed E-state index contributed by atoms with van der Waals surface area (Å²) in [4.78, 5) is 2.44. The van der Waals surface area contributed by atoms with Gasteiger partial charge in [-0.2, -0.15) is 0 Å². The molecule has 0 bridgehead atoms. The fourth-order valence-corrected chi connectivity index (χ4v) is 2.89. The molecule has 0 aromatic heterocycles. The van der Waals surface area contributed by atoms with Gasteiger partial charge in [-0.25, -0.2) is 0 Å².